The molecule has 0 amide bonds. The van der Waals surface area contributed by atoms with Gasteiger partial charge in [0.25, 0.3) is 0 Å². The number of hydrogen-bond donors (Lipinski definition) is 0. The fraction of sp³-hybridized carbons (Fsp3) is 0.375. The van der Waals surface area contributed by atoms with Crippen LogP contribution in [0.15, 0.2) is 40.2 Å². The van der Waals surface area contributed by atoms with Gasteiger partial charge in [0.2, 0.25) is 0 Å². The van der Waals surface area contributed by atoms with Gasteiger partial charge in [-0.15, -0.1) is 11.3 Å². The first-order valence-corrected chi connectivity index (χ1v) is 9.40. The Bertz CT molecular complexity index is 576. The maximum Gasteiger partial charge on any atom is 0.0285 e. The van der Waals surface area contributed by atoms with E-state index in [1.807, 2.05) is 11.3 Å². The molecule has 100 valence electrons. The summed E-state index contributed by atoms with van der Waals surface area (Å²) in [7, 11) is 0. The van der Waals surface area contributed by atoms with Crippen molar-refractivity contribution in [1.29, 1.82) is 0 Å². The lowest BCUT2D eigenvalue weighted by molar-refractivity contribution is 0.404. The van der Waals surface area contributed by atoms with E-state index in [9.17, 15) is 0 Å². The molecule has 2 aromatic rings. The molecule has 0 bridgehead atoms. The standard InChI is InChI=1S/C16H16Br2S/c17-11-16(9-14-8-13(18)10-19-14)7-3-5-12-4-1-2-6-15(12)16/h1-2,4,6,8,10H,3,5,7,9,11H2. The van der Waals surface area contributed by atoms with Crippen molar-refractivity contribution in [2.24, 2.45) is 0 Å². The molecule has 1 aromatic heterocycles. The molecule has 1 heterocycles. The molecule has 0 saturated carbocycles. The average molecular weight is 400 g/mol. The minimum atomic E-state index is 0.277. The third kappa shape index (κ3) is 2.70. The van der Waals surface area contributed by atoms with Gasteiger partial charge in [0.1, 0.15) is 0 Å². The van der Waals surface area contributed by atoms with Crippen molar-refractivity contribution in [3.8, 4) is 0 Å². The van der Waals surface area contributed by atoms with Crippen molar-refractivity contribution < 1.29 is 0 Å². The van der Waals surface area contributed by atoms with E-state index in [-0.39, 0.29) is 5.41 Å². The van der Waals surface area contributed by atoms with Gasteiger partial charge < -0.3 is 0 Å². The summed E-state index contributed by atoms with van der Waals surface area (Å²) in [6.45, 7) is 0. The molecule has 1 aromatic carbocycles. The lowest BCUT2D eigenvalue weighted by atomic mass is 9.69. The molecule has 3 heteroatoms. The Morgan fingerprint density at radius 2 is 2.11 bits per heavy atom. The van der Waals surface area contributed by atoms with E-state index < -0.39 is 0 Å². The topological polar surface area (TPSA) is 0 Å². The summed E-state index contributed by atoms with van der Waals surface area (Å²) < 4.78 is 1.21. The van der Waals surface area contributed by atoms with Crippen LogP contribution in [-0.4, -0.2) is 5.33 Å². The Labute approximate surface area is 135 Å². The molecular weight excluding hydrogens is 384 g/mol. The molecule has 1 unspecified atom stereocenters. The van der Waals surface area contributed by atoms with Gasteiger partial charge in [-0.2, -0.15) is 0 Å². The molecule has 1 aliphatic rings. The molecule has 0 fully saturated rings. The van der Waals surface area contributed by atoms with Crippen molar-refractivity contribution in [3.05, 3.63) is 56.2 Å². The average Bonchev–Trinajstić information content (AvgIpc) is 2.84. The van der Waals surface area contributed by atoms with Crippen LogP contribution in [0.3, 0.4) is 0 Å². The molecular formula is C16H16Br2S. The van der Waals surface area contributed by atoms with Crippen LogP contribution in [-0.2, 0) is 18.3 Å². The monoisotopic (exact) mass is 398 g/mol. The Kier molecular flexibility index (Phi) is 4.16. The van der Waals surface area contributed by atoms with Crippen LogP contribution in [0.2, 0.25) is 0 Å². The summed E-state index contributed by atoms with van der Waals surface area (Å²) >= 11 is 9.23. The number of alkyl halides is 1. The summed E-state index contributed by atoms with van der Waals surface area (Å²) in [5.41, 5.74) is 3.38. The Hall–Kier alpha value is -0.120. The highest BCUT2D eigenvalue weighted by Gasteiger charge is 2.35. The van der Waals surface area contributed by atoms with E-state index in [0.717, 1.165) is 11.8 Å². The van der Waals surface area contributed by atoms with Gasteiger partial charge in [0.05, 0.1) is 0 Å². The number of hydrogen-bond acceptors (Lipinski definition) is 1. The Morgan fingerprint density at radius 3 is 2.84 bits per heavy atom. The van der Waals surface area contributed by atoms with Gasteiger partial charge in [-0.3, -0.25) is 0 Å². The van der Waals surface area contributed by atoms with E-state index in [2.05, 4.69) is 67.6 Å². The predicted molar refractivity (Wildman–Crippen MR) is 90.6 cm³/mol. The normalized spacial score (nSPS) is 22.2. The summed E-state index contributed by atoms with van der Waals surface area (Å²) in [5.74, 6) is 0. The first-order valence-electron chi connectivity index (χ1n) is 6.61. The second kappa shape index (κ2) is 5.71. The lowest BCUT2D eigenvalue weighted by Crippen LogP contribution is -2.34. The van der Waals surface area contributed by atoms with Gasteiger partial charge in [-0.25, -0.2) is 0 Å². The second-order valence-electron chi connectivity index (χ2n) is 5.33. The summed E-state index contributed by atoms with van der Waals surface area (Å²) in [6, 6.07) is 11.3. The van der Waals surface area contributed by atoms with E-state index in [1.54, 1.807) is 11.1 Å². The van der Waals surface area contributed by atoms with Crippen LogP contribution in [0.25, 0.3) is 0 Å². The van der Waals surface area contributed by atoms with E-state index >= 15 is 0 Å². The van der Waals surface area contributed by atoms with Crippen LogP contribution in [0, 0.1) is 0 Å². The molecule has 0 N–H and O–H groups in total. The molecule has 1 aliphatic carbocycles. The molecule has 0 radical (unpaired) electrons. The van der Waals surface area contributed by atoms with E-state index in [1.165, 1.54) is 28.6 Å². The smallest absolute Gasteiger partial charge is 0.0285 e. The van der Waals surface area contributed by atoms with Gasteiger partial charge in [-0.1, -0.05) is 40.2 Å². The van der Waals surface area contributed by atoms with Crippen molar-refractivity contribution in [1.82, 2.24) is 0 Å². The maximum absolute atomic E-state index is 3.80. The van der Waals surface area contributed by atoms with E-state index in [4.69, 9.17) is 0 Å². The molecule has 1 atom stereocenters. The first kappa shape index (κ1) is 13.8. The zero-order valence-corrected chi connectivity index (χ0v) is 14.7. The van der Waals surface area contributed by atoms with Gasteiger partial charge in [0.15, 0.2) is 0 Å². The van der Waals surface area contributed by atoms with Crippen molar-refractivity contribution in [3.63, 3.8) is 0 Å². The minimum absolute atomic E-state index is 0.277. The van der Waals surface area contributed by atoms with E-state index in [0.29, 0.717) is 0 Å². The molecule has 0 nitrogen and oxygen atoms in total. The van der Waals surface area contributed by atoms with Crippen LogP contribution in [0.4, 0.5) is 0 Å². The highest BCUT2D eigenvalue weighted by molar-refractivity contribution is 9.10. The molecule has 19 heavy (non-hydrogen) atoms. The molecule has 0 aliphatic heterocycles. The highest BCUT2D eigenvalue weighted by atomic mass is 79.9. The Morgan fingerprint density at radius 1 is 1.26 bits per heavy atom. The fourth-order valence-corrected chi connectivity index (χ4v) is 5.53. The predicted octanol–water partition coefficient (Wildman–Crippen LogP) is 5.72. The van der Waals surface area contributed by atoms with Crippen LogP contribution in [0.1, 0.15) is 28.8 Å². The van der Waals surface area contributed by atoms with Gasteiger partial charge in [-0.05, 0) is 58.8 Å². The minimum Gasteiger partial charge on any atom is -0.148 e. The number of rotatable bonds is 3. The van der Waals surface area contributed by atoms with Crippen LogP contribution in [0.5, 0.6) is 0 Å². The summed E-state index contributed by atoms with van der Waals surface area (Å²) in [6.07, 6.45) is 4.96. The SMILES string of the molecule is BrCC1(Cc2cc(Br)cs2)CCCc2ccccc21. The molecule has 0 saturated heterocycles. The number of aryl methyl sites for hydroxylation is 1. The van der Waals surface area contributed by atoms with Crippen molar-refractivity contribution in [2.45, 2.75) is 31.1 Å². The van der Waals surface area contributed by atoms with Crippen LogP contribution >= 0.6 is 43.2 Å². The van der Waals surface area contributed by atoms with Crippen molar-refractivity contribution >= 4 is 43.2 Å². The second-order valence-corrected chi connectivity index (χ2v) is 7.80. The number of halogens is 2. The van der Waals surface area contributed by atoms with Gasteiger partial charge >= 0.3 is 0 Å². The maximum atomic E-state index is 3.80. The number of benzene rings is 1. The summed E-state index contributed by atoms with van der Waals surface area (Å²) in [5, 5.41) is 3.23. The van der Waals surface area contributed by atoms with Crippen molar-refractivity contribution in [2.75, 3.05) is 5.33 Å². The number of fused-ring (bicyclic) bond motifs is 1. The highest BCUT2D eigenvalue weighted by Crippen LogP contribution is 2.42. The fourth-order valence-electron chi connectivity index (χ4n) is 3.16. The largest absolute Gasteiger partial charge is 0.148 e. The summed E-state index contributed by atoms with van der Waals surface area (Å²) in [4.78, 5) is 1.48. The zero-order chi connectivity index (χ0) is 13.3. The third-order valence-electron chi connectivity index (χ3n) is 4.08. The first-order chi connectivity index (χ1) is 9.23. The lowest BCUT2D eigenvalue weighted by Gasteiger charge is -2.38. The third-order valence-corrected chi connectivity index (χ3v) is 6.85. The molecule has 3 rings (SSSR count). The van der Waals surface area contributed by atoms with Crippen LogP contribution < -0.4 is 0 Å². The quantitative estimate of drug-likeness (QED) is 0.578. The Balaban J connectivity index is 2.00. The number of thiophene rings is 1. The zero-order valence-electron chi connectivity index (χ0n) is 10.7. The van der Waals surface area contributed by atoms with Gasteiger partial charge in [0, 0.05) is 25.5 Å². The molecule has 0 spiro atoms.